The van der Waals surface area contributed by atoms with Crippen LogP contribution < -0.4 is 4.74 Å². The fourth-order valence-corrected chi connectivity index (χ4v) is 2.29. The van der Waals surface area contributed by atoms with Crippen LogP contribution in [0.1, 0.15) is 21.5 Å². The van der Waals surface area contributed by atoms with E-state index in [1.807, 2.05) is 78.9 Å². The average Bonchev–Trinajstić information content (AvgIpc) is 2.66. The number of rotatable bonds is 6. The number of hydrogen-bond donors (Lipinski definition) is 0. The van der Waals surface area contributed by atoms with E-state index in [4.69, 9.17) is 4.74 Å². The maximum Gasteiger partial charge on any atom is 0.185 e. The minimum Gasteiger partial charge on any atom is -0.489 e. The van der Waals surface area contributed by atoms with Crippen LogP contribution in [0.3, 0.4) is 0 Å². The summed E-state index contributed by atoms with van der Waals surface area (Å²) in [5.41, 5.74) is 2.77. The summed E-state index contributed by atoms with van der Waals surface area (Å²) in [5, 5.41) is 0. The fraction of sp³-hybridized carbons (Fsp3) is 0.0455. The van der Waals surface area contributed by atoms with E-state index in [1.54, 1.807) is 18.2 Å². The molecule has 0 aliphatic heterocycles. The molecule has 3 aromatic carbocycles. The first-order chi connectivity index (χ1) is 11.8. The molecule has 0 saturated heterocycles. The predicted molar refractivity (Wildman–Crippen MR) is 97.0 cm³/mol. The molecule has 0 fully saturated rings. The highest BCUT2D eigenvalue weighted by Gasteiger charge is 2.02. The van der Waals surface area contributed by atoms with E-state index in [1.165, 1.54) is 0 Å². The van der Waals surface area contributed by atoms with Crippen LogP contribution in [0, 0.1) is 0 Å². The van der Waals surface area contributed by atoms with Crippen molar-refractivity contribution in [1.29, 1.82) is 0 Å². The molecule has 2 nitrogen and oxygen atoms in total. The molecule has 0 atom stereocenters. The minimum absolute atomic E-state index is 0.0199. The van der Waals surface area contributed by atoms with E-state index < -0.39 is 0 Å². The average molecular weight is 314 g/mol. The molecular formula is C22H18O2. The van der Waals surface area contributed by atoms with Crippen molar-refractivity contribution in [2.24, 2.45) is 0 Å². The summed E-state index contributed by atoms with van der Waals surface area (Å²) in [6.07, 6.45) is 3.41. The molecule has 0 aliphatic rings. The van der Waals surface area contributed by atoms with Gasteiger partial charge in [-0.3, -0.25) is 4.79 Å². The molecule has 0 heterocycles. The smallest absolute Gasteiger partial charge is 0.185 e. The second-order valence-corrected chi connectivity index (χ2v) is 5.41. The van der Waals surface area contributed by atoms with E-state index in [0.29, 0.717) is 12.2 Å². The van der Waals surface area contributed by atoms with Crippen molar-refractivity contribution in [3.05, 3.63) is 108 Å². The zero-order chi connectivity index (χ0) is 16.6. The molecule has 0 aliphatic carbocycles. The molecule has 0 spiro atoms. The Labute approximate surface area is 142 Å². The van der Waals surface area contributed by atoms with Crippen molar-refractivity contribution >= 4 is 11.9 Å². The third-order valence-electron chi connectivity index (χ3n) is 3.61. The van der Waals surface area contributed by atoms with Gasteiger partial charge < -0.3 is 4.74 Å². The second-order valence-electron chi connectivity index (χ2n) is 5.41. The van der Waals surface area contributed by atoms with Gasteiger partial charge in [-0.05, 0) is 41.5 Å². The van der Waals surface area contributed by atoms with E-state index in [9.17, 15) is 4.79 Å². The van der Waals surface area contributed by atoms with Crippen LogP contribution in [0.4, 0.5) is 0 Å². The molecule has 0 amide bonds. The summed E-state index contributed by atoms with van der Waals surface area (Å²) in [6.45, 7) is 0.516. The first kappa shape index (κ1) is 15.8. The van der Waals surface area contributed by atoms with E-state index in [-0.39, 0.29) is 5.78 Å². The summed E-state index contributed by atoms with van der Waals surface area (Å²) in [5.74, 6) is 0.732. The Balaban J connectivity index is 1.59. The molecule has 0 saturated carbocycles. The summed E-state index contributed by atoms with van der Waals surface area (Å²) >= 11 is 0. The largest absolute Gasteiger partial charge is 0.489 e. The van der Waals surface area contributed by atoms with Crippen LogP contribution in [-0.2, 0) is 6.61 Å². The lowest BCUT2D eigenvalue weighted by Gasteiger charge is -2.06. The minimum atomic E-state index is -0.0199. The number of ketones is 1. The molecule has 0 radical (unpaired) electrons. The van der Waals surface area contributed by atoms with Gasteiger partial charge in [0.2, 0.25) is 0 Å². The Morgan fingerprint density at radius 2 is 1.42 bits per heavy atom. The summed E-state index contributed by atoms with van der Waals surface area (Å²) < 4.78 is 5.73. The van der Waals surface area contributed by atoms with Crippen LogP contribution in [0.15, 0.2) is 91.0 Å². The summed E-state index contributed by atoms with van der Waals surface area (Å²) in [6, 6.07) is 27.0. The zero-order valence-electron chi connectivity index (χ0n) is 13.3. The monoisotopic (exact) mass is 314 g/mol. The van der Waals surface area contributed by atoms with E-state index in [2.05, 4.69) is 0 Å². The van der Waals surface area contributed by atoms with Gasteiger partial charge in [0.15, 0.2) is 5.78 Å². The molecule has 2 heteroatoms. The number of hydrogen-bond acceptors (Lipinski definition) is 2. The lowest BCUT2D eigenvalue weighted by Crippen LogP contribution is -1.97. The van der Waals surface area contributed by atoms with Crippen LogP contribution in [0.25, 0.3) is 6.08 Å². The van der Waals surface area contributed by atoms with Crippen molar-refractivity contribution in [3.63, 3.8) is 0 Å². The SMILES string of the molecule is O=C(/C=C\c1ccccc1)c1ccc(OCc2ccccc2)cc1. The van der Waals surface area contributed by atoms with Gasteiger partial charge >= 0.3 is 0 Å². The van der Waals surface area contributed by atoms with Gasteiger partial charge in [-0.2, -0.15) is 0 Å². The highest BCUT2D eigenvalue weighted by atomic mass is 16.5. The topological polar surface area (TPSA) is 26.3 Å². The summed E-state index contributed by atoms with van der Waals surface area (Å²) in [4.78, 5) is 12.2. The van der Waals surface area contributed by atoms with Gasteiger partial charge in [0.25, 0.3) is 0 Å². The Hall–Kier alpha value is -3.13. The standard InChI is InChI=1S/C22H18O2/c23-22(16-11-18-7-3-1-4-8-18)20-12-14-21(15-13-20)24-17-19-9-5-2-6-10-19/h1-16H,17H2/b16-11-. The van der Waals surface area contributed by atoms with Crippen molar-refractivity contribution in [1.82, 2.24) is 0 Å². The Morgan fingerprint density at radius 3 is 2.08 bits per heavy atom. The maximum atomic E-state index is 12.2. The molecule has 24 heavy (non-hydrogen) atoms. The molecule has 0 unspecified atom stereocenters. The summed E-state index contributed by atoms with van der Waals surface area (Å²) in [7, 11) is 0. The molecule has 3 aromatic rings. The molecular weight excluding hydrogens is 296 g/mol. The lowest BCUT2D eigenvalue weighted by molar-refractivity contribution is 0.104. The van der Waals surface area contributed by atoms with Gasteiger partial charge in [-0.1, -0.05) is 66.7 Å². The lowest BCUT2D eigenvalue weighted by atomic mass is 10.1. The van der Waals surface area contributed by atoms with Crippen molar-refractivity contribution in [2.45, 2.75) is 6.61 Å². The van der Waals surface area contributed by atoms with Crippen molar-refractivity contribution < 1.29 is 9.53 Å². The zero-order valence-corrected chi connectivity index (χ0v) is 13.3. The number of carbonyl (C=O) groups excluding carboxylic acids is 1. The van der Waals surface area contributed by atoms with Gasteiger partial charge in [0.1, 0.15) is 12.4 Å². The quantitative estimate of drug-likeness (QED) is 0.464. The molecule has 3 rings (SSSR count). The highest BCUT2D eigenvalue weighted by molar-refractivity contribution is 6.06. The van der Waals surface area contributed by atoms with Gasteiger partial charge in [0, 0.05) is 5.56 Å². The number of allylic oxidation sites excluding steroid dienone is 1. The maximum absolute atomic E-state index is 12.2. The van der Waals surface area contributed by atoms with Gasteiger partial charge in [-0.15, -0.1) is 0 Å². The van der Waals surface area contributed by atoms with Crippen LogP contribution in [0.5, 0.6) is 5.75 Å². The van der Waals surface area contributed by atoms with Crippen molar-refractivity contribution in [3.8, 4) is 5.75 Å². The first-order valence-corrected chi connectivity index (χ1v) is 7.85. The van der Waals surface area contributed by atoms with Crippen molar-refractivity contribution in [2.75, 3.05) is 0 Å². The van der Waals surface area contributed by atoms with E-state index in [0.717, 1.165) is 16.9 Å². The first-order valence-electron chi connectivity index (χ1n) is 7.85. The number of carbonyl (C=O) groups is 1. The van der Waals surface area contributed by atoms with Crippen LogP contribution >= 0.6 is 0 Å². The Kier molecular flexibility index (Phi) is 5.21. The molecule has 0 aromatic heterocycles. The molecule has 118 valence electrons. The second kappa shape index (κ2) is 7.93. The van der Waals surface area contributed by atoms with Gasteiger partial charge in [-0.25, -0.2) is 0 Å². The molecule has 0 N–H and O–H groups in total. The third-order valence-corrected chi connectivity index (χ3v) is 3.61. The fourth-order valence-electron chi connectivity index (χ4n) is 2.29. The third kappa shape index (κ3) is 4.43. The predicted octanol–water partition coefficient (Wildman–Crippen LogP) is 5.16. The van der Waals surface area contributed by atoms with Crippen LogP contribution in [0.2, 0.25) is 0 Å². The number of ether oxygens (including phenoxy) is 1. The number of benzene rings is 3. The van der Waals surface area contributed by atoms with Crippen LogP contribution in [-0.4, -0.2) is 5.78 Å². The van der Waals surface area contributed by atoms with E-state index >= 15 is 0 Å². The Bertz CT molecular complexity index is 804. The Morgan fingerprint density at radius 1 is 0.792 bits per heavy atom. The molecule has 0 bridgehead atoms. The normalized spacial score (nSPS) is 10.7. The highest BCUT2D eigenvalue weighted by Crippen LogP contribution is 2.15. The van der Waals surface area contributed by atoms with Gasteiger partial charge in [0.05, 0.1) is 0 Å².